The molecule has 0 saturated carbocycles. The first-order valence-electron chi connectivity index (χ1n) is 18.4. The van der Waals surface area contributed by atoms with Crippen molar-refractivity contribution in [2.24, 2.45) is 0 Å². The number of fused-ring (bicyclic) bond motifs is 1. The van der Waals surface area contributed by atoms with Crippen LogP contribution in [0.15, 0.2) is 102 Å². The molecule has 11 nitrogen and oxygen atoms in total. The van der Waals surface area contributed by atoms with Crippen LogP contribution in [0.5, 0.6) is 0 Å². The van der Waals surface area contributed by atoms with E-state index in [4.69, 9.17) is 14.6 Å². The number of amides is 1. The van der Waals surface area contributed by atoms with Crippen molar-refractivity contribution in [3.8, 4) is 11.1 Å². The minimum atomic E-state index is -0.906. The van der Waals surface area contributed by atoms with Crippen LogP contribution in [0.4, 0.5) is 0 Å². The molecule has 4 N–H and O–H groups in total. The highest BCUT2D eigenvalue weighted by molar-refractivity contribution is 5.77. The largest absolute Gasteiger partial charge is 0.481 e. The van der Waals surface area contributed by atoms with Crippen LogP contribution in [0.2, 0.25) is 0 Å². The number of carbonyl (C=O) groups is 2. The smallest absolute Gasteiger partial charge is 0.326 e. The maximum Gasteiger partial charge on any atom is 0.326 e. The fraction of sp³-hybridized carbons (Fsp3) is 0.357. The summed E-state index contributed by atoms with van der Waals surface area (Å²) < 4.78 is 15.2. The number of hydrogen-bond acceptors (Lipinski definition) is 7. The number of imidazole rings is 1. The minimum Gasteiger partial charge on any atom is -0.481 e. The van der Waals surface area contributed by atoms with Crippen LogP contribution in [-0.4, -0.2) is 62.3 Å². The summed E-state index contributed by atoms with van der Waals surface area (Å²) in [6.45, 7) is 2.78. The molecule has 3 heterocycles. The molecule has 2 fully saturated rings. The first-order valence-corrected chi connectivity index (χ1v) is 18.4. The molecular weight excluding hydrogens is 672 g/mol. The molecule has 11 heteroatoms. The van der Waals surface area contributed by atoms with E-state index in [-0.39, 0.29) is 49.3 Å². The summed E-state index contributed by atoms with van der Waals surface area (Å²) in [4.78, 5) is 41.4. The molecule has 0 unspecified atom stereocenters. The highest BCUT2D eigenvalue weighted by atomic mass is 16.7. The Balaban J connectivity index is 1.04. The van der Waals surface area contributed by atoms with Crippen LogP contribution in [0.25, 0.3) is 22.2 Å². The van der Waals surface area contributed by atoms with Crippen LogP contribution in [0, 0.1) is 0 Å². The molecular formula is C42H46N4O7. The second-order valence-electron chi connectivity index (χ2n) is 14.0. The van der Waals surface area contributed by atoms with Crippen molar-refractivity contribution in [2.45, 2.75) is 76.2 Å². The molecule has 7 rings (SSSR count). The van der Waals surface area contributed by atoms with Gasteiger partial charge in [-0.1, -0.05) is 84.9 Å². The first-order chi connectivity index (χ1) is 25.8. The first kappa shape index (κ1) is 36.3. The molecule has 1 aromatic heterocycles. The van der Waals surface area contributed by atoms with Crippen LogP contribution in [0.3, 0.4) is 0 Å². The lowest BCUT2D eigenvalue weighted by Gasteiger charge is -2.40. The lowest BCUT2D eigenvalue weighted by atomic mass is 9.97. The standard InChI is InChI=1S/C42H46N4O7/c47-27-28-12-14-30(15-13-28)38-24-34(26-45-22-20-33(21-23-45)46-37-9-4-3-8-36(37)44-42(46)51)52-41(53-38)31-18-16-29(17-19-31)35-7-2-1-6-32(35)25-43-39(48)10-5-11-40(49)50/h1-4,6-9,12-19,33-34,38,41,47H,5,10-11,20-27H2,(H,43,48)(H,44,51)(H,49,50)/t34-,38+,41+/m0/s1. The van der Waals surface area contributed by atoms with E-state index in [1.165, 1.54) is 0 Å². The van der Waals surface area contributed by atoms with Crippen LogP contribution in [0.1, 0.15) is 79.2 Å². The van der Waals surface area contributed by atoms with E-state index in [0.717, 1.165) is 76.9 Å². The molecule has 0 bridgehead atoms. The van der Waals surface area contributed by atoms with Crippen molar-refractivity contribution in [3.63, 3.8) is 0 Å². The van der Waals surface area contributed by atoms with Gasteiger partial charge in [0.2, 0.25) is 5.91 Å². The van der Waals surface area contributed by atoms with E-state index in [0.29, 0.717) is 19.4 Å². The number of ether oxygens (including phenoxy) is 2. The third-order valence-corrected chi connectivity index (χ3v) is 10.4. The number of carboxylic acid groups (broad SMARTS) is 1. The predicted octanol–water partition coefficient (Wildman–Crippen LogP) is 6.24. The van der Waals surface area contributed by atoms with Crippen LogP contribution >= 0.6 is 0 Å². The van der Waals surface area contributed by atoms with Crippen molar-refractivity contribution in [1.29, 1.82) is 0 Å². The van der Waals surface area contributed by atoms with Gasteiger partial charge in [-0.15, -0.1) is 0 Å². The Morgan fingerprint density at radius 1 is 0.849 bits per heavy atom. The van der Waals surface area contributed by atoms with Gasteiger partial charge in [0.15, 0.2) is 6.29 Å². The summed E-state index contributed by atoms with van der Waals surface area (Å²) in [6.07, 6.45) is 1.99. The SMILES string of the molecule is O=C(O)CCCC(=O)NCc1ccccc1-c1ccc([C@@H]2O[C@H](CN3CCC(n4c(=O)[nH]c5ccccc54)CC3)C[C@H](c3ccc(CO)cc3)O2)cc1. The maximum atomic E-state index is 12.9. The van der Waals surface area contributed by atoms with Gasteiger partial charge in [-0.25, -0.2) is 4.79 Å². The van der Waals surface area contributed by atoms with Gasteiger partial charge in [-0.05, 0) is 59.2 Å². The van der Waals surface area contributed by atoms with Gasteiger partial charge in [0.05, 0.1) is 29.8 Å². The lowest BCUT2D eigenvalue weighted by Crippen LogP contribution is -2.43. The Morgan fingerprint density at radius 2 is 1.57 bits per heavy atom. The van der Waals surface area contributed by atoms with Crippen molar-refractivity contribution >= 4 is 22.9 Å². The minimum absolute atomic E-state index is 0.0184. The number of piperidine rings is 1. The van der Waals surface area contributed by atoms with E-state index < -0.39 is 12.3 Å². The number of likely N-dealkylation sites (tertiary alicyclic amines) is 1. The molecule has 3 atom stereocenters. The van der Waals surface area contributed by atoms with Crippen molar-refractivity contribution in [3.05, 3.63) is 130 Å². The Morgan fingerprint density at radius 3 is 2.32 bits per heavy atom. The quantitative estimate of drug-likeness (QED) is 0.112. The molecule has 1 amide bonds. The Kier molecular flexibility index (Phi) is 11.5. The van der Waals surface area contributed by atoms with Gasteiger partial charge in [0.25, 0.3) is 0 Å². The second kappa shape index (κ2) is 16.7. The number of aromatic amines is 1. The van der Waals surface area contributed by atoms with Crippen molar-refractivity contribution < 1.29 is 29.3 Å². The number of carbonyl (C=O) groups excluding carboxylic acids is 1. The zero-order valence-electron chi connectivity index (χ0n) is 29.7. The van der Waals surface area contributed by atoms with Gasteiger partial charge in [0.1, 0.15) is 0 Å². The fourth-order valence-electron chi connectivity index (χ4n) is 7.58. The summed E-state index contributed by atoms with van der Waals surface area (Å²) in [5.74, 6) is -1.08. The van der Waals surface area contributed by atoms with Crippen molar-refractivity contribution in [1.82, 2.24) is 19.8 Å². The van der Waals surface area contributed by atoms with E-state index >= 15 is 0 Å². The average molecular weight is 719 g/mol. The molecule has 4 aromatic carbocycles. The summed E-state index contributed by atoms with van der Waals surface area (Å²) in [5.41, 5.74) is 7.49. The maximum absolute atomic E-state index is 12.9. The van der Waals surface area contributed by atoms with Crippen LogP contribution in [-0.2, 0) is 32.2 Å². The van der Waals surface area contributed by atoms with Gasteiger partial charge >= 0.3 is 11.7 Å². The number of aliphatic hydroxyl groups excluding tert-OH is 1. The second-order valence-corrected chi connectivity index (χ2v) is 14.0. The molecule has 0 aliphatic carbocycles. The molecule has 2 saturated heterocycles. The highest BCUT2D eigenvalue weighted by Gasteiger charge is 2.34. The van der Waals surface area contributed by atoms with Gasteiger partial charge in [-0.3, -0.25) is 14.2 Å². The van der Waals surface area contributed by atoms with Crippen molar-refractivity contribution in [2.75, 3.05) is 19.6 Å². The monoisotopic (exact) mass is 718 g/mol. The third kappa shape index (κ3) is 8.77. The van der Waals surface area contributed by atoms with E-state index in [2.05, 4.69) is 15.2 Å². The fourth-order valence-corrected chi connectivity index (χ4v) is 7.58. The predicted molar refractivity (Wildman–Crippen MR) is 201 cm³/mol. The molecule has 0 spiro atoms. The zero-order valence-corrected chi connectivity index (χ0v) is 29.7. The summed E-state index contributed by atoms with van der Waals surface area (Å²) >= 11 is 0. The number of rotatable bonds is 13. The zero-order chi connectivity index (χ0) is 36.7. The van der Waals surface area contributed by atoms with Crippen LogP contribution < -0.4 is 11.0 Å². The summed E-state index contributed by atoms with van der Waals surface area (Å²) in [5, 5.41) is 21.4. The molecule has 5 aromatic rings. The number of carboxylic acids is 1. The molecule has 276 valence electrons. The van der Waals surface area contributed by atoms with Gasteiger partial charge in [-0.2, -0.15) is 0 Å². The molecule has 0 radical (unpaired) electrons. The summed E-state index contributed by atoms with van der Waals surface area (Å²) in [7, 11) is 0. The van der Waals surface area contributed by atoms with Gasteiger partial charge < -0.3 is 34.9 Å². The highest BCUT2D eigenvalue weighted by Crippen LogP contribution is 2.39. The van der Waals surface area contributed by atoms with Gasteiger partial charge in [0, 0.05) is 57.0 Å². The number of aromatic nitrogens is 2. The Hall–Kier alpha value is -5.07. The Bertz CT molecular complexity index is 2070. The van der Waals surface area contributed by atoms with E-state index in [1.54, 1.807) is 0 Å². The number of aliphatic carboxylic acids is 1. The average Bonchev–Trinajstić information content (AvgIpc) is 3.53. The number of nitrogens with one attached hydrogen (secondary N) is 2. The number of para-hydroxylation sites is 2. The number of aliphatic hydroxyl groups is 1. The topological polar surface area (TPSA) is 146 Å². The number of H-pyrrole nitrogens is 1. The molecule has 2 aliphatic rings. The number of hydrogen-bond donors (Lipinski definition) is 4. The number of benzene rings is 4. The Labute approximate surface area is 308 Å². The third-order valence-electron chi connectivity index (χ3n) is 10.4. The molecule has 2 aliphatic heterocycles. The number of nitrogens with zero attached hydrogens (tertiary/aromatic N) is 2. The summed E-state index contributed by atoms with van der Waals surface area (Å²) in [6, 6.07) is 31.9. The lowest BCUT2D eigenvalue weighted by molar-refractivity contribution is -0.253. The normalized spacial score (nSPS) is 19.7. The van der Waals surface area contributed by atoms with E-state index in [1.807, 2.05) is 102 Å². The van der Waals surface area contributed by atoms with E-state index in [9.17, 15) is 19.5 Å². The molecule has 53 heavy (non-hydrogen) atoms.